The first-order valence-electron chi connectivity index (χ1n) is 8.24. The largest absolute Gasteiger partial charge is 0.382 e. The second-order valence-corrected chi connectivity index (χ2v) is 7.73. The van der Waals surface area contributed by atoms with E-state index in [0.29, 0.717) is 5.41 Å². The van der Waals surface area contributed by atoms with Crippen LogP contribution in [0.4, 0.5) is 11.5 Å². The van der Waals surface area contributed by atoms with Crippen molar-refractivity contribution in [3.8, 4) is 0 Å². The molecular formula is C18H31N3. The van der Waals surface area contributed by atoms with Gasteiger partial charge < -0.3 is 10.2 Å². The number of nitrogens with zero attached hydrogens (tertiary/aromatic N) is 2. The Morgan fingerprint density at radius 1 is 1.19 bits per heavy atom. The van der Waals surface area contributed by atoms with Gasteiger partial charge in [-0.2, -0.15) is 0 Å². The number of rotatable bonds is 4. The van der Waals surface area contributed by atoms with Crippen LogP contribution in [0.2, 0.25) is 0 Å². The molecule has 0 spiro atoms. The van der Waals surface area contributed by atoms with Crippen molar-refractivity contribution in [3.05, 3.63) is 18.3 Å². The summed E-state index contributed by atoms with van der Waals surface area (Å²) in [5.74, 6) is 2.73. The van der Waals surface area contributed by atoms with Gasteiger partial charge in [0, 0.05) is 26.8 Å². The molecule has 0 saturated heterocycles. The van der Waals surface area contributed by atoms with E-state index in [-0.39, 0.29) is 0 Å². The maximum absolute atomic E-state index is 4.45. The fourth-order valence-corrected chi connectivity index (χ4v) is 3.38. The fraction of sp³-hybridized carbons (Fsp3) is 0.722. The van der Waals surface area contributed by atoms with E-state index in [4.69, 9.17) is 0 Å². The summed E-state index contributed by atoms with van der Waals surface area (Å²) in [6.45, 7) is 8.23. The van der Waals surface area contributed by atoms with Crippen molar-refractivity contribution in [1.29, 1.82) is 0 Å². The third-order valence-electron chi connectivity index (χ3n) is 4.86. The van der Waals surface area contributed by atoms with Crippen molar-refractivity contribution in [2.75, 3.05) is 30.9 Å². The quantitative estimate of drug-likeness (QED) is 0.889. The molecule has 2 rings (SSSR count). The van der Waals surface area contributed by atoms with Crippen LogP contribution in [-0.2, 0) is 0 Å². The summed E-state index contributed by atoms with van der Waals surface area (Å²) >= 11 is 0. The Hall–Kier alpha value is -1.25. The van der Waals surface area contributed by atoms with Crippen molar-refractivity contribution in [2.24, 2.45) is 17.3 Å². The lowest BCUT2D eigenvalue weighted by Crippen LogP contribution is -2.28. The monoisotopic (exact) mass is 289 g/mol. The number of anilines is 2. The molecule has 0 amide bonds. The van der Waals surface area contributed by atoms with Crippen LogP contribution in [0.3, 0.4) is 0 Å². The molecule has 1 aliphatic carbocycles. The van der Waals surface area contributed by atoms with E-state index in [2.05, 4.69) is 42.0 Å². The first-order valence-corrected chi connectivity index (χ1v) is 8.24. The lowest BCUT2D eigenvalue weighted by molar-refractivity contribution is 0.153. The van der Waals surface area contributed by atoms with Gasteiger partial charge in [0.2, 0.25) is 0 Å². The molecule has 1 aromatic heterocycles. The van der Waals surface area contributed by atoms with Crippen LogP contribution in [-0.4, -0.2) is 25.6 Å². The average molecular weight is 289 g/mol. The van der Waals surface area contributed by atoms with Crippen molar-refractivity contribution >= 4 is 11.5 Å². The molecule has 0 aromatic carbocycles. The molecule has 1 N–H and O–H groups in total. The Kier molecular flexibility index (Phi) is 5.13. The maximum Gasteiger partial charge on any atom is 0.151 e. The topological polar surface area (TPSA) is 28.2 Å². The van der Waals surface area contributed by atoms with Crippen molar-refractivity contribution in [1.82, 2.24) is 4.98 Å². The van der Waals surface area contributed by atoms with Crippen LogP contribution in [0.25, 0.3) is 0 Å². The molecule has 0 atom stereocenters. The van der Waals surface area contributed by atoms with E-state index in [1.54, 1.807) is 0 Å². The van der Waals surface area contributed by atoms with Crippen molar-refractivity contribution < 1.29 is 0 Å². The molecule has 1 saturated carbocycles. The maximum atomic E-state index is 4.45. The lowest BCUT2D eigenvalue weighted by atomic mass is 9.70. The molecular weight excluding hydrogens is 258 g/mol. The zero-order valence-electron chi connectivity index (χ0n) is 14.3. The standard InChI is InChI=1S/C18H31N3/c1-18(2,3)15-10-8-14(9-11-15)13-20-16-7-6-12-19-17(16)21(4)5/h6-7,12,14-15,20H,8-11,13H2,1-5H3. The first-order chi connectivity index (χ1) is 9.88. The molecule has 3 nitrogen and oxygen atoms in total. The van der Waals surface area contributed by atoms with Crippen LogP contribution in [0.15, 0.2) is 18.3 Å². The Balaban J connectivity index is 1.85. The summed E-state index contributed by atoms with van der Waals surface area (Å²) in [7, 11) is 4.09. The zero-order valence-corrected chi connectivity index (χ0v) is 14.3. The molecule has 0 radical (unpaired) electrons. The lowest BCUT2D eigenvalue weighted by Gasteiger charge is -2.37. The van der Waals surface area contributed by atoms with Gasteiger partial charge in [0.25, 0.3) is 0 Å². The predicted molar refractivity (Wildman–Crippen MR) is 92.0 cm³/mol. The highest BCUT2D eigenvalue weighted by Gasteiger charge is 2.29. The fourth-order valence-electron chi connectivity index (χ4n) is 3.38. The second-order valence-electron chi connectivity index (χ2n) is 7.73. The molecule has 3 heteroatoms. The van der Waals surface area contributed by atoms with Crippen molar-refractivity contribution in [2.45, 2.75) is 46.5 Å². The number of hydrogen-bond acceptors (Lipinski definition) is 3. The smallest absolute Gasteiger partial charge is 0.151 e. The predicted octanol–water partition coefficient (Wildman–Crippen LogP) is 4.41. The van der Waals surface area contributed by atoms with Gasteiger partial charge in [-0.05, 0) is 55.1 Å². The molecule has 1 fully saturated rings. The SMILES string of the molecule is CN(C)c1ncccc1NCC1CCC(C(C)(C)C)CC1. The summed E-state index contributed by atoms with van der Waals surface area (Å²) in [6.07, 6.45) is 7.32. The highest BCUT2D eigenvalue weighted by molar-refractivity contribution is 5.64. The normalized spacial score (nSPS) is 22.9. The van der Waals surface area contributed by atoms with Gasteiger partial charge in [0.05, 0.1) is 5.69 Å². The Labute approximate surface area is 130 Å². The van der Waals surface area contributed by atoms with E-state index in [0.717, 1.165) is 29.9 Å². The highest BCUT2D eigenvalue weighted by Crippen LogP contribution is 2.39. The van der Waals surface area contributed by atoms with Gasteiger partial charge in [-0.3, -0.25) is 0 Å². The first kappa shape index (κ1) is 16.1. The Morgan fingerprint density at radius 3 is 2.43 bits per heavy atom. The van der Waals surface area contributed by atoms with Gasteiger partial charge in [-0.15, -0.1) is 0 Å². The number of aromatic nitrogens is 1. The summed E-state index contributed by atoms with van der Waals surface area (Å²) in [4.78, 5) is 6.52. The molecule has 21 heavy (non-hydrogen) atoms. The van der Waals surface area contributed by atoms with E-state index in [9.17, 15) is 0 Å². The third-order valence-corrected chi connectivity index (χ3v) is 4.86. The minimum Gasteiger partial charge on any atom is -0.382 e. The van der Waals surface area contributed by atoms with Crippen molar-refractivity contribution in [3.63, 3.8) is 0 Å². The van der Waals surface area contributed by atoms with E-state index < -0.39 is 0 Å². The summed E-state index contributed by atoms with van der Waals surface area (Å²) in [5, 5.41) is 3.61. The average Bonchev–Trinajstić information content (AvgIpc) is 2.45. The summed E-state index contributed by atoms with van der Waals surface area (Å²) in [5.41, 5.74) is 1.63. The molecule has 0 aliphatic heterocycles. The van der Waals surface area contributed by atoms with E-state index in [1.807, 2.05) is 26.4 Å². The molecule has 118 valence electrons. The molecule has 0 bridgehead atoms. The molecule has 1 aliphatic rings. The van der Waals surface area contributed by atoms with Gasteiger partial charge in [0.1, 0.15) is 0 Å². The van der Waals surface area contributed by atoms with Gasteiger partial charge in [-0.1, -0.05) is 20.8 Å². The van der Waals surface area contributed by atoms with Crippen LogP contribution in [0.5, 0.6) is 0 Å². The van der Waals surface area contributed by atoms with Gasteiger partial charge >= 0.3 is 0 Å². The Morgan fingerprint density at radius 2 is 1.86 bits per heavy atom. The number of nitrogens with one attached hydrogen (secondary N) is 1. The zero-order chi connectivity index (χ0) is 15.5. The summed E-state index contributed by atoms with van der Waals surface area (Å²) < 4.78 is 0. The van der Waals surface area contributed by atoms with Gasteiger partial charge in [-0.25, -0.2) is 4.98 Å². The third kappa shape index (κ3) is 4.36. The van der Waals surface area contributed by atoms with E-state index in [1.165, 1.54) is 25.7 Å². The molecule has 0 unspecified atom stereocenters. The molecule has 1 heterocycles. The van der Waals surface area contributed by atoms with E-state index >= 15 is 0 Å². The molecule has 1 aromatic rings. The van der Waals surface area contributed by atoms with Gasteiger partial charge in [0.15, 0.2) is 5.82 Å². The van der Waals surface area contributed by atoms with Crippen LogP contribution in [0, 0.1) is 17.3 Å². The summed E-state index contributed by atoms with van der Waals surface area (Å²) in [6, 6.07) is 4.13. The minimum atomic E-state index is 0.472. The Bertz CT molecular complexity index is 440. The van der Waals surface area contributed by atoms with Crippen LogP contribution in [0.1, 0.15) is 46.5 Å². The number of hydrogen-bond donors (Lipinski definition) is 1. The second kappa shape index (κ2) is 6.67. The van der Waals surface area contributed by atoms with Crippen LogP contribution >= 0.6 is 0 Å². The minimum absolute atomic E-state index is 0.472. The highest BCUT2D eigenvalue weighted by atomic mass is 15.2. The number of pyridine rings is 1. The van der Waals surface area contributed by atoms with Crippen LogP contribution < -0.4 is 10.2 Å².